The summed E-state index contributed by atoms with van der Waals surface area (Å²) in [7, 11) is 0. The van der Waals surface area contributed by atoms with Gasteiger partial charge in [-0.1, -0.05) is 24.9 Å². The average Bonchev–Trinajstić information content (AvgIpc) is 2.77. The summed E-state index contributed by atoms with van der Waals surface area (Å²) in [4.78, 5) is 16.1. The Morgan fingerprint density at radius 2 is 2.44 bits per heavy atom. The number of thioether (sulfide) groups is 1. The maximum absolute atomic E-state index is 12.1. The Morgan fingerprint density at radius 1 is 1.61 bits per heavy atom. The molecule has 1 aliphatic carbocycles. The molecule has 2 atom stereocenters. The molecule has 1 saturated carbocycles. The van der Waals surface area contributed by atoms with Crippen molar-refractivity contribution >= 4 is 29.3 Å². The van der Waals surface area contributed by atoms with Crippen molar-refractivity contribution in [2.24, 2.45) is 0 Å². The highest BCUT2D eigenvalue weighted by Gasteiger charge is 2.28. The number of rotatable bonds is 4. The summed E-state index contributed by atoms with van der Waals surface area (Å²) in [6, 6.07) is 3.54. The lowest BCUT2D eigenvalue weighted by Gasteiger charge is -2.19. The Kier molecular flexibility index (Phi) is 4.89. The molecule has 3 nitrogen and oxygen atoms in total. The molecule has 2 rings (SSSR count). The van der Waals surface area contributed by atoms with Gasteiger partial charge in [0.05, 0.1) is 0 Å². The molecule has 0 spiro atoms. The molecular formula is C13H17ClN2OS. The van der Waals surface area contributed by atoms with Crippen molar-refractivity contribution in [3.05, 3.63) is 29.0 Å². The number of hydrogen-bond donors (Lipinski definition) is 1. The molecule has 1 N–H and O–H groups in total. The molecule has 1 heterocycles. The summed E-state index contributed by atoms with van der Waals surface area (Å²) >= 11 is 7.79. The Bertz CT molecular complexity index is 427. The number of carbonyl (C=O) groups is 1. The van der Waals surface area contributed by atoms with Gasteiger partial charge in [-0.2, -0.15) is 11.8 Å². The van der Waals surface area contributed by atoms with E-state index in [1.807, 2.05) is 11.8 Å². The van der Waals surface area contributed by atoms with E-state index in [2.05, 4.69) is 17.2 Å². The zero-order valence-corrected chi connectivity index (χ0v) is 11.9. The first kappa shape index (κ1) is 13.7. The Morgan fingerprint density at radius 3 is 3.17 bits per heavy atom. The number of carbonyl (C=O) groups excluding carboxylic acids is 1. The summed E-state index contributed by atoms with van der Waals surface area (Å²) in [5.74, 6) is 0.970. The van der Waals surface area contributed by atoms with Gasteiger partial charge in [0, 0.05) is 22.5 Å². The van der Waals surface area contributed by atoms with Gasteiger partial charge in [0.2, 0.25) is 0 Å². The van der Waals surface area contributed by atoms with Crippen molar-refractivity contribution < 1.29 is 4.79 Å². The van der Waals surface area contributed by atoms with Crippen LogP contribution in [0, 0.1) is 0 Å². The Balaban J connectivity index is 1.98. The summed E-state index contributed by atoms with van der Waals surface area (Å²) in [5, 5.41) is 4.16. The van der Waals surface area contributed by atoms with Gasteiger partial charge in [0.1, 0.15) is 5.69 Å². The molecule has 0 aliphatic heterocycles. The summed E-state index contributed by atoms with van der Waals surface area (Å²) in [6.07, 6.45) is 4.99. The summed E-state index contributed by atoms with van der Waals surface area (Å²) < 4.78 is 0. The van der Waals surface area contributed by atoms with Gasteiger partial charge in [-0.3, -0.25) is 9.78 Å². The van der Waals surface area contributed by atoms with Crippen LogP contribution in [-0.2, 0) is 0 Å². The fraction of sp³-hybridized carbons (Fsp3) is 0.538. The van der Waals surface area contributed by atoms with Crippen LogP contribution in [-0.4, -0.2) is 27.9 Å². The lowest BCUT2D eigenvalue weighted by Crippen LogP contribution is -2.39. The SMILES string of the molecule is CCSC1CCCC1NC(=O)c1cc(Cl)ccn1. The van der Waals surface area contributed by atoms with Crippen LogP contribution < -0.4 is 5.32 Å². The summed E-state index contributed by atoms with van der Waals surface area (Å²) in [6.45, 7) is 2.15. The van der Waals surface area contributed by atoms with E-state index in [0.29, 0.717) is 16.0 Å². The van der Waals surface area contributed by atoms with E-state index >= 15 is 0 Å². The molecule has 0 aromatic carbocycles. The highest BCUT2D eigenvalue weighted by atomic mass is 35.5. The third kappa shape index (κ3) is 3.39. The van der Waals surface area contributed by atoms with Gasteiger partial charge in [0.15, 0.2) is 0 Å². The number of aromatic nitrogens is 1. The number of amides is 1. The van der Waals surface area contributed by atoms with Gasteiger partial charge in [-0.05, 0) is 30.7 Å². The second-order valence-corrected chi connectivity index (χ2v) is 6.32. The smallest absolute Gasteiger partial charge is 0.270 e. The Hall–Kier alpha value is -0.740. The van der Waals surface area contributed by atoms with E-state index in [4.69, 9.17) is 11.6 Å². The van der Waals surface area contributed by atoms with Crippen LogP contribution in [0.25, 0.3) is 0 Å². The van der Waals surface area contributed by atoms with Crippen LogP contribution in [0.2, 0.25) is 5.02 Å². The van der Waals surface area contributed by atoms with Crippen molar-refractivity contribution in [1.82, 2.24) is 10.3 Å². The molecule has 18 heavy (non-hydrogen) atoms. The van der Waals surface area contributed by atoms with Gasteiger partial charge in [-0.15, -0.1) is 0 Å². The van der Waals surface area contributed by atoms with Gasteiger partial charge < -0.3 is 5.32 Å². The van der Waals surface area contributed by atoms with Crippen molar-refractivity contribution in [3.8, 4) is 0 Å². The minimum absolute atomic E-state index is 0.119. The predicted molar refractivity (Wildman–Crippen MR) is 76.3 cm³/mol. The molecule has 1 aromatic heterocycles. The molecular weight excluding hydrogens is 268 g/mol. The van der Waals surface area contributed by atoms with Crippen LogP contribution in [0.15, 0.2) is 18.3 Å². The molecule has 5 heteroatoms. The second-order valence-electron chi connectivity index (χ2n) is 4.36. The molecule has 0 radical (unpaired) electrons. The number of pyridine rings is 1. The topological polar surface area (TPSA) is 42.0 Å². The predicted octanol–water partition coefficient (Wildman–Crippen LogP) is 3.14. The van der Waals surface area contributed by atoms with Crippen molar-refractivity contribution in [2.75, 3.05) is 5.75 Å². The maximum atomic E-state index is 12.1. The molecule has 1 amide bonds. The largest absolute Gasteiger partial charge is 0.347 e. The lowest BCUT2D eigenvalue weighted by molar-refractivity contribution is 0.0933. The van der Waals surface area contributed by atoms with E-state index in [0.717, 1.165) is 12.2 Å². The number of hydrogen-bond acceptors (Lipinski definition) is 3. The minimum Gasteiger partial charge on any atom is -0.347 e. The van der Waals surface area contributed by atoms with Crippen molar-refractivity contribution in [2.45, 2.75) is 37.5 Å². The molecule has 1 aliphatic rings. The van der Waals surface area contributed by atoms with Crippen LogP contribution in [0.1, 0.15) is 36.7 Å². The molecule has 0 bridgehead atoms. The highest BCUT2D eigenvalue weighted by molar-refractivity contribution is 7.99. The molecule has 1 aromatic rings. The zero-order valence-electron chi connectivity index (χ0n) is 10.4. The van der Waals surface area contributed by atoms with Crippen LogP contribution in [0.5, 0.6) is 0 Å². The first-order chi connectivity index (χ1) is 8.70. The molecule has 2 unspecified atom stereocenters. The van der Waals surface area contributed by atoms with Gasteiger partial charge in [0.25, 0.3) is 5.91 Å². The second kappa shape index (κ2) is 6.43. The quantitative estimate of drug-likeness (QED) is 0.924. The fourth-order valence-electron chi connectivity index (χ4n) is 2.28. The normalized spacial score (nSPS) is 23.0. The van der Waals surface area contributed by atoms with Gasteiger partial charge >= 0.3 is 0 Å². The standard InChI is InChI=1S/C13H17ClN2OS/c1-2-18-12-5-3-4-10(12)16-13(17)11-8-9(14)6-7-15-11/h6-8,10,12H,2-5H2,1H3,(H,16,17). The minimum atomic E-state index is -0.119. The van der Waals surface area contributed by atoms with Crippen LogP contribution >= 0.6 is 23.4 Å². The van der Waals surface area contributed by atoms with Gasteiger partial charge in [-0.25, -0.2) is 0 Å². The Labute approximate surface area is 117 Å². The van der Waals surface area contributed by atoms with Crippen molar-refractivity contribution in [3.63, 3.8) is 0 Å². The fourth-order valence-corrected chi connectivity index (χ4v) is 3.63. The molecule has 98 valence electrons. The highest BCUT2D eigenvalue weighted by Crippen LogP contribution is 2.30. The first-order valence-electron chi connectivity index (χ1n) is 6.24. The van der Waals surface area contributed by atoms with E-state index < -0.39 is 0 Å². The average molecular weight is 285 g/mol. The number of halogens is 1. The van der Waals surface area contributed by atoms with Crippen LogP contribution in [0.3, 0.4) is 0 Å². The zero-order chi connectivity index (χ0) is 13.0. The lowest BCUT2D eigenvalue weighted by atomic mass is 10.2. The van der Waals surface area contributed by atoms with Crippen LogP contribution in [0.4, 0.5) is 0 Å². The monoisotopic (exact) mass is 284 g/mol. The van der Waals surface area contributed by atoms with E-state index in [1.165, 1.54) is 12.8 Å². The molecule has 1 fully saturated rings. The summed E-state index contributed by atoms with van der Waals surface area (Å²) in [5.41, 5.74) is 0.398. The van der Waals surface area contributed by atoms with E-state index in [1.54, 1.807) is 18.3 Å². The molecule has 0 saturated heterocycles. The van der Waals surface area contributed by atoms with Crippen molar-refractivity contribution in [1.29, 1.82) is 0 Å². The first-order valence-corrected chi connectivity index (χ1v) is 7.67. The maximum Gasteiger partial charge on any atom is 0.270 e. The van der Waals surface area contributed by atoms with E-state index in [9.17, 15) is 4.79 Å². The van der Waals surface area contributed by atoms with E-state index in [-0.39, 0.29) is 11.9 Å². The number of nitrogens with one attached hydrogen (secondary N) is 1. The third-order valence-corrected chi connectivity index (χ3v) is 4.67. The number of nitrogens with zero attached hydrogens (tertiary/aromatic N) is 1. The third-order valence-electron chi connectivity index (χ3n) is 3.10.